The van der Waals surface area contributed by atoms with Crippen LogP contribution >= 0.6 is 7.14 Å². The molecule has 8 rings (SSSR count). The molecule has 6 aromatic carbocycles. The average molecular weight is 544 g/mol. The molecule has 2 nitrogen and oxygen atoms in total. The summed E-state index contributed by atoms with van der Waals surface area (Å²) in [6.45, 7) is 1.91. The van der Waals surface area contributed by atoms with E-state index in [0.29, 0.717) is 0 Å². The Labute approximate surface area is 239 Å². The van der Waals surface area contributed by atoms with Crippen molar-refractivity contribution in [2.75, 3.05) is 6.66 Å². The highest BCUT2D eigenvalue weighted by Crippen LogP contribution is 2.51. The van der Waals surface area contributed by atoms with Gasteiger partial charge in [-0.15, -0.1) is 0 Å². The zero-order valence-electron chi connectivity index (χ0n) is 22.6. The van der Waals surface area contributed by atoms with Gasteiger partial charge in [0.1, 0.15) is 7.14 Å². The van der Waals surface area contributed by atoms with Crippen LogP contribution in [-0.2, 0) is 4.57 Å². The summed E-state index contributed by atoms with van der Waals surface area (Å²) in [5.41, 5.74) is 8.79. The van der Waals surface area contributed by atoms with Gasteiger partial charge in [0.15, 0.2) is 0 Å². The van der Waals surface area contributed by atoms with Crippen LogP contribution in [0.15, 0.2) is 140 Å². The molecule has 0 spiro atoms. The van der Waals surface area contributed by atoms with E-state index in [2.05, 4.69) is 97.1 Å². The first-order valence-electron chi connectivity index (χ1n) is 13.9. The smallest absolute Gasteiger partial charge is 0.141 e. The number of pyridine rings is 1. The predicted octanol–water partition coefficient (Wildman–Crippen LogP) is 9.31. The van der Waals surface area contributed by atoms with Crippen molar-refractivity contribution in [2.24, 2.45) is 0 Å². The van der Waals surface area contributed by atoms with Gasteiger partial charge in [0, 0.05) is 27.9 Å². The maximum absolute atomic E-state index is 14.1. The maximum Gasteiger partial charge on any atom is 0.141 e. The van der Waals surface area contributed by atoms with Gasteiger partial charge in [0.05, 0.1) is 5.69 Å². The Morgan fingerprint density at radius 1 is 0.488 bits per heavy atom. The standard InChI is InChI=1S/C38H26NOP/c1-41(40)35-18-10-9-13-28(35)29-21-19-26(23-36(29)41)37-30-14-5-7-16-32(30)38(33-17-8-6-15-31(33)37)27-20-22-34(39-24-27)25-11-3-2-4-12-25/h2-24H,1H3. The van der Waals surface area contributed by atoms with Gasteiger partial charge in [0.2, 0.25) is 0 Å². The molecule has 194 valence electrons. The first kappa shape index (κ1) is 24.1. The zero-order valence-corrected chi connectivity index (χ0v) is 23.5. The molecule has 0 bridgehead atoms. The van der Waals surface area contributed by atoms with E-state index in [-0.39, 0.29) is 0 Å². The van der Waals surface area contributed by atoms with E-state index in [0.717, 1.165) is 44.1 Å². The molecule has 2 heterocycles. The quantitative estimate of drug-likeness (QED) is 0.164. The van der Waals surface area contributed by atoms with Gasteiger partial charge >= 0.3 is 0 Å². The second-order valence-electron chi connectivity index (χ2n) is 10.8. The third-order valence-corrected chi connectivity index (χ3v) is 11.1. The van der Waals surface area contributed by atoms with Crippen molar-refractivity contribution in [1.82, 2.24) is 4.98 Å². The van der Waals surface area contributed by atoms with Crippen molar-refractivity contribution in [3.8, 4) is 44.6 Å². The molecule has 0 N–H and O–H groups in total. The molecule has 1 aliphatic heterocycles. The molecule has 1 unspecified atom stereocenters. The molecule has 3 heteroatoms. The Morgan fingerprint density at radius 2 is 1.02 bits per heavy atom. The molecule has 0 aliphatic carbocycles. The van der Waals surface area contributed by atoms with Crippen LogP contribution in [0.4, 0.5) is 0 Å². The summed E-state index contributed by atoms with van der Waals surface area (Å²) in [5, 5.41) is 6.63. The molecule has 41 heavy (non-hydrogen) atoms. The molecule has 1 atom stereocenters. The summed E-state index contributed by atoms with van der Waals surface area (Å²) in [5.74, 6) is 0. The Morgan fingerprint density at radius 3 is 1.66 bits per heavy atom. The first-order chi connectivity index (χ1) is 20.1. The van der Waals surface area contributed by atoms with Crippen LogP contribution in [0.1, 0.15) is 0 Å². The van der Waals surface area contributed by atoms with Crippen molar-refractivity contribution >= 4 is 39.3 Å². The van der Waals surface area contributed by atoms with E-state index in [1.54, 1.807) is 0 Å². The van der Waals surface area contributed by atoms with Crippen molar-refractivity contribution < 1.29 is 4.57 Å². The topological polar surface area (TPSA) is 30.0 Å². The normalized spacial score (nSPS) is 15.6. The lowest BCUT2D eigenvalue weighted by molar-refractivity contribution is 0.591. The van der Waals surface area contributed by atoms with Gasteiger partial charge in [-0.2, -0.15) is 0 Å². The Balaban J connectivity index is 1.37. The molecule has 0 saturated carbocycles. The summed E-state index contributed by atoms with van der Waals surface area (Å²) in [6, 6.07) is 46.5. The number of aromatic nitrogens is 1. The highest BCUT2D eigenvalue weighted by molar-refractivity contribution is 7.79. The minimum Gasteiger partial charge on any atom is -0.314 e. The van der Waals surface area contributed by atoms with Crippen LogP contribution < -0.4 is 10.6 Å². The Bertz CT molecular complexity index is 2130. The van der Waals surface area contributed by atoms with E-state index < -0.39 is 7.14 Å². The number of benzene rings is 6. The van der Waals surface area contributed by atoms with Crippen molar-refractivity contribution in [1.29, 1.82) is 0 Å². The van der Waals surface area contributed by atoms with Crippen LogP contribution in [0.2, 0.25) is 0 Å². The average Bonchev–Trinajstić information content (AvgIpc) is 3.26. The third kappa shape index (κ3) is 3.65. The van der Waals surface area contributed by atoms with Crippen molar-refractivity contribution in [2.45, 2.75) is 0 Å². The summed E-state index contributed by atoms with van der Waals surface area (Å²) < 4.78 is 14.1. The molecule has 1 aromatic heterocycles. The van der Waals surface area contributed by atoms with E-state index in [9.17, 15) is 4.57 Å². The van der Waals surface area contributed by atoms with E-state index in [4.69, 9.17) is 4.98 Å². The largest absolute Gasteiger partial charge is 0.314 e. The van der Waals surface area contributed by atoms with Gasteiger partial charge in [0.25, 0.3) is 0 Å². The van der Waals surface area contributed by atoms with Gasteiger partial charge in [-0.05, 0) is 68.2 Å². The van der Waals surface area contributed by atoms with E-state index in [1.165, 1.54) is 32.7 Å². The van der Waals surface area contributed by atoms with Crippen LogP contribution in [-0.4, -0.2) is 11.6 Å². The monoisotopic (exact) mass is 543 g/mol. The van der Waals surface area contributed by atoms with Crippen LogP contribution in [0.3, 0.4) is 0 Å². The molecule has 0 saturated heterocycles. The minimum absolute atomic E-state index is 0.953. The fourth-order valence-electron chi connectivity index (χ4n) is 6.54. The maximum atomic E-state index is 14.1. The second kappa shape index (κ2) is 9.13. The van der Waals surface area contributed by atoms with Gasteiger partial charge < -0.3 is 4.57 Å². The molecule has 1 aliphatic rings. The van der Waals surface area contributed by atoms with Crippen LogP contribution in [0, 0.1) is 0 Å². The van der Waals surface area contributed by atoms with E-state index >= 15 is 0 Å². The second-order valence-corrected chi connectivity index (χ2v) is 13.6. The summed E-state index contributed by atoms with van der Waals surface area (Å²) in [4.78, 5) is 4.86. The minimum atomic E-state index is -2.69. The van der Waals surface area contributed by atoms with Gasteiger partial charge in [-0.3, -0.25) is 4.98 Å². The highest BCUT2D eigenvalue weighted by atomic mass is 31.2. The number of rotatable bonds is 3. The fourth-order valence-corrected chi connectivity index (χ4v) is 8.87. The predicted molar refractivity (Wildman–Crippen MR) is 174 cm³/mol. The fraction of sp³-hybridized carbons (Fsp3) is 0.0263. The number of hydrogen-bond acceptors (Lipinski definition) is 2. The van der Waals surface area contributed by atoms with Crippen molar-refractivity contribution in [3.05, 3.63) is 140 Å². The summed E-state index contributed by atoms with van der Waals surface area (Å²) >= 11 is 0. The summed E-state index contributed by atoms with van der Waals surface area (Å²) in [6.07, 6.45) is 2.00. The third-order valence-electron chi connectivity index (χ3n) is 8.45. The molecule has 0 radical (unpaired) electrons. The number of fused-ring (bicyclic) bond motifs is 5. The number of nitrogens with zero attached hydrogens (tertiary/aromatic N) is 1. The van der Waals surface area contributed by atoms with Gasteiger partial charge in [-0.1, -0.05) is 121 Å². The molecule has 0 amide bonds. The molecule has 7 aromatic rings. The lowest BCUT2D eigenvalue weighted by Crippen LogP contribution is -2.08. The van der Waals surface area contributed by atoms with Gasteiger partial charge in [-0.25, -0.2) is 0 Å². The van der Waals surface area contributed by atoms with Crippen LogP contribution in [0.5, 0.6) is 0 Å². The lowest BCUT2D eigenvalue weighted by Gasteiger charge is -2.18. The van der Waals surface area contributed by atoms with E-state index in [1.807, 2.05) is 49.3 Å². The lowest BCUT2D eigenvalue weighted by atomic mass is 9.86. The molecular formula is C38H26NOP. The molecule has 0 fully saturated rings. The number of hydrogen-bond donors (Lipinski definition) is 0. The summed E-state index contributed by atoms with van der Waals surface area (Å²) in [7, 11) is -2.69. The van der Waals surface area contributed by atoms with Crippen LogP contribution in [0.25, 0.3) is 66.2 Å². The SMILES string of the molecule is CP1(=O)c2ccccc2-c2ccc(-c3c4ccccc4c(-c4ccc(-c5ccccc5)nc4)c4ccccc34)cc21. The highest BCUT2D eigenvalue weighted by Gasteiger charge is 2.34. The van der Waals surface area contributed by atoms with Crippen molar-refractivity contribution in [3.63, 3.8) is 0 Å². The zero-order chi connectivity index (χ0) is 27.6. The Hall–Kier alpha value is -4.78. The first-order valence-corrected chi connectivity index (χ1v) is 16.0. The Kier molecular flexibility index (Phi) is 5.35. The molecular weight excluding hydrogens is 517 g/mol.